The fourth-order valence-electron chi connectivity index (χ4n) is 2.94. The monoisotopic (exact) mass is 358 g/mol. The first-order valence-electron chi connectivity index (χ1n) is 7.99. The minimum Gasteiger partial charge on any atom is -0.493 e. The van der Waals surface area contributed by atoms with Gasteiger partial charge < -0.3 is 24.8 Å². The van der Waals surface area contributed by atoms with E-state index in [1.807, 2.05) is 0 Å². The molecule has 24 heavy (non-hydrogen) atoms. The van der Waals surface area contributed by atoms with Gasteiger partial charge >= 0.3 is 0 Å². The average Bonchev–Trinajstić information content (AvgIpc) is 2.60. The van der Waals surface area contributed by atoms with Gasteiger partial charge in [-0.2, -0.15) is 0 Å². The summed E-state index contributed by atoms with van der Waals surface area (Å²) in [5, 5.41) is 6.35. The minimum atomic E-state index is -0.161. The fourth-order valence-corrected chi connectivity index (χ4v) is 2.94. The van der Waals surface area contributed by atoms with Crippen LogP contribution in [0.15, 0.2) is 12.1 Å². The first kappa shape index (κ1) is 20.4. The van der Waals surface area contributed by atoms with Crippen LogP contribution in [-0.4, -0.2) is 46.9 Å². The van der Waals surface area contributed by atoms with E-state index in [9.17, 15) is 4.79 Å². The summed E-state index contributed by atoms with van der Waals surface area (Å²) in [4.78, 5) is 12.4. The van der Waals surface area contributed by atoms with E-state index in [2.05, 4.69) is 10.6 Å². The Labute approximate surface area is 149 Å². The van der Waals surface area contributed by atoms with Gasteiger partial charge in [-0.15, -0.1) is 12.4 Å². The lowest BCUT2D eigenvalue weighted by atomic mass is 9.96. The smallest absolute Gasteiger partial charge is 0.255 e. The maximum Gasteiger partial charge on any atom is 0.255 e. The highest BCUT2D eigenvalue weighted by molar-refractivity contribution is 5.98. The molecule has 2 rings (SSSR count). The van der Waals surface area contributed by atoms with Gasteiger partial charge in [0.25, 0.3) is 5.91 Å². The van der Waals surface area contributed by atoms with Crippen molar-refractivity contribution in [3.05, 3.63) is 17.7 Å². The largest absolute Gasteiger partial charge is 0.493 e. The van der Waals surface area contributed by atoms with Gasteiger partial charge in [0, 0.05) is 6.54 Å². The predicted molar refractivity (Wildman–Crippen MR) is 95.9 cm³/mol. The molecule has 1 aliphatic heterocycles. The highest BCUT2D eigenvalue weighted by atomic mass is 35.5. The zero-order valence-electron chi connectivity index (χ0n) is 14.5. The Bertz CT molecular complexity index is 534. The number of nitrogens with one attached hydrogen (secondary N) is 2. The topological polar surface area (TPSA) is 68.8 Å². The van der Waals surface area contributed by atoms with Crippen LogP contribution < -0.4 is 24.8 Å². The summed E-state index contributed by atoms with van der Waals surface area (Å²) >= 11 is 0. The molecule has 1 fully saturated rings. The van der Waals surface area contributed by atoms with Crippen molar-refractivity contribution >= 4 is 18.3 Å². The van der Waals surface area contributed by atoms with E-state index in [-0.39, 0.29) is 18.3 Å². The molecule has 7 heteroatoms. The van der Waals surface area contributed by atoms with Gasteiger partial charge in [0.2, 0.25) is 5.75 Å². The van der Waals surface area contributed by atoms with Crippen LogP contribution in [-0.2, 0) is 0 Å². The molecule has 1 aromatic carbocycles. The Kier molecular flexibility index (Phi) is 8.71. The summed E-state index contributed by atoms with van der Waals surface area (Å²) in [5.41, 5.74) is 0.451. The number of halogens is 1. The van der Waals surface area contributed by atoms with Crippen molar-refractivity contribution in [3.8, 4) is 17.2 Å². The van der Waals surface area contributed by atoms with Gasteiger partial charge in [-0.05, 0) is 50.4 Å². The third kappa shape index (κ3) is 4.92. The van der Waals surface area contributed by atoms with Crippen molar-refractivity contribution in [1.82, 2.24) is 10.6 Å². The molecule has 1 aromatic rings. The lowest BCUT2D eigenvalue weighted by Gasteiger charge is -2.22. The Hall–Kier alpha value is -1.66. The molecule has 0 aliphatic carbocycles. The molecule has 1 heterocycles. The third-order valence-electron chi connectivity index (χ3n) is 4.19. The summed E-state index contributed by atoms with van der Waals surface area (Å²) < 4.78 is 15.9. The van der Waals surface area contributed by atoms with E-state index in [0.29, 0.717) is 35.3 Å². The van der Waals surface area contributed by atoms with Crippen LogP contribution in [0.2, 0.25) is 0 Å². The molecule has 2 N–H and O–H groups in total. The van der Waals surface area contributed by atoms with Gasteiger partial charge in [-0.1, -0.05) is 0 Å². The summed E-state index contributed by atoms with van der Waals surface area (Å²) in [5.74, 6) is 1.83. The third-order valence-corrected chi connectivity index (χ3v) is 4.19. The second-order valence-electron chi connectivity index (χ2n) is 5.64. The second-order valence-corrected chi connectivity index (χ2v) is 5.64. The zero-order valence-corrected chi connectivity index (χ0v) is 15.3. The van der Waals surface area contributed by atoms with Gasteiger partial charge in [-0.3, -0.25) is 4.79 Å². The van der Waals surface area contributed by atoms with Crippen LogP contribution in [0.25, 0.3) is 0 Å². The van der Waals surface area contributed by atoms with E-state index in [1.54, 1.807) is 19.2 Å². The van der Waals surface area contributed by atoms with E-state index in [0.717, 1.165) is 19.5 Å². The summed E-state index contributed by atoms with van der Waals surface area (Å²) in [7, 11) is 4.59. The first-order chi connectivity index (χ1) is 11.2. The molecule has 0 radical (unpaired) electrons. The molecule has 0 saturated carbocycles. The van der Waals surface area contributed by atoms with Gasteiger partial charge in [0.15, 0.2) is 11.5 Å². The number of ether oxygens (including phenoxy) is 3. The van der Waals surface area contributed by atoms with Gasteiger partial charge in [-0.25, -0.2) is 0 Å². The summed E-state index contributed by atoms with van der Waals surface area (Å²) in [6.45, 7) is 2.80. The Balaban J connectivity index is 0.00000288. The molecule has 1 aliphatic rings. The molecule has 1 atom stereocenters. The second kappa shape index (κ2) is 10.3. The molecular weight excluding hydrogens is 332 g/mol. The van der Waals surface area contributed by atoms with Crippen LogP contribution in [0, 0.1) is 5.92 Å². The van der Waals surface area contributed by atoms with Crippen molar-refractivity contribution in [1.29, 1.82) is 0 Å². The number of carbonyl (C=O) groups is 1. The molecular formula is C17H27ClN2O4. The number of methoxy groups -OCH3 is 3. The highest BCUT2D eigenvalue weighted by Crippen LogP contribution is 2.39. The maximum absolute atomic E-state index is 12.4. The lowest BCUT2D eigenvalue weighted by molar-refractivity contribution is 0.0947. The zero-order chi connectivity index (χ0) is 16.7. The SMILES string of the molecule is COc1ccc(C(=O)NCCC2CCCNC2)c(OC)c1OC.Cl. The normalized spacial score (nSPS) is 16.7. The predicted octanol–water partition coefficient (Wildman–Crippen LogP) is 2.25. The standard InChI is InChI=1S/C17H26N2O4.ClH/c1-21-14-7-6-13(15(22-2)16(14)23-3)17(20)19-10-8-12-5-4-9-18-11-12;/h6-7,12,18H,4-5,8-11H2,1-3H3,(H,19,20);1H. The molecule has 1 unspecified atom stereocenters. The fraction of sp³-hybridized carbons (Fsp3) is 0.588. The number of carbonyl (C=O) groups excluding carboxylic acids is 1. The minimum absolute atomic E-state index is 0. The van der Waals surface area contributed by atoms with Crippen LogP contribution in [0.3, 0.4) is 0 Å². The number of amides is 1. The maximum atomic E-state index is 12.4. The van der Waals surface area contributed by atoms with Crippen molar-refractivity contribution in [3.63, 3.8) is 0 Å². The van der Waals surface area contributed by atoms with Crippen molar-refractivity contribution in [2.75, 3.05) is 41.0 Å². The lowest BCUT2D eigenvalue weighted by Crippen LogP contribution is -2.33. The van der Waals surface area contributed by atoms with Gasteiger partial charge in [0.1, 0.15) is 0 Å². The molecule has 0 bridgehead atoms. The number of benzene rings is 1. The van der Waals surface area contributed by atoms with Crippen LogP contribution in [0.5, 0.6) is 17.2 Å². The Morgan fingerprint density at radius 3 is 2.54 bits per heavy atom. The van der Waals surface area contributed by atoms with Crippen molar-refractivity contribution in [2.24, 2.45) is 5.92 Å². The van der Waals surface area contributed by atoms with Gasteiger partial charge in [0.05, 0.1) is 26.9 Å². The quantitative estimate of drug-likeness (QED) is 0.782. The van der Waals surface area contributed by atoms with E-state index < -0.39 is 0 Å². The molecule has 136 valence electrons. The van der Waals surface area contributed by atoms with Crippen LogP contribution >= 0.6 is 12.4 Å². The summed E-state index contributed by atoms with van der Waals surface area (Å²) in [6.07, 6.45) is 3.42. The van der Waals surface area contributed by atoms with E-state index in [4.69, 9.17) is 14.2 Å². The Morgan fingerprint density at radius 2 is 1.96 bits per heavy atom. The van der Waals surface area contributed by atoms with Crippen molar-refractivity contribution < 1.29 is 19.0 Å². The van der Waals surface area contributed by atoms with Crippen LogP contribution in [0.4, 0.5) is 0 Å². The number of rotatable bonds is 7. The summed E-state index contributed by atoms with van der Waals surface area (Å²) in [6, 6.07) is 3.40. The average molecular weight is 359 g/mol. The molecule has 1 amide bonds. The number of piperidine rings is 1. The van der Waals surface area contributed by atoms with E-state index >= 15 is 0 Å². The molecule has 0 aromatic heterocycles. The molecule has 6 nitrogen and oxygen atoms in total. The van der Waals surface area contributed by atoms with E-state index in [1.165, 1.54) is 27.1 Å². The van der Waals surface area contributed by atoms with Crippen molar-refractivity contribution in [2.45, 2.75) is 19.3 Å². The highest BCUT2D eigenvalue weighted by Gasteiger charge is 2.21. The van der Waals surface area contributed by atoms with Crippen LogP contribution in [0.1, 0.15) is 29.6 Å². The Morgan fingerprint density at radius 1 is 1.21 bits per heavy atom. The number of hydrogen-bond donors (Lipinski definition) is 2. The number of hydrogen-bond acceptors (Lipinski definition) is 5. The first-order valence-corrected chi connectivity index (χ1v) is 7.99. The molecule has 1 saturated heterocycles. The molecule has 0 spiro atoms.